The number of aromatic nitrogens is 1. The summed E-state index contributed by atoms with van der Waals surface area (Å²) >= 11 is 0. The van der Waals surface area contributed by atoms with Crippen LogP contribution in [0.2, 0.25) is 0 Å². The maximum Gasteiger partial charge on any atom is 0.212 e. The molecule has 0 saturated heterocycles. The molecule has 20 heavy (non-hydrogen) atoms. The summed E-state index contributed by atoms with van der Waals surface area (Å²) in [5.74, 6) is 0.638. The molecule has 1 N–H and O–H groups in total. The Morgan fingerprint density at radius 3 is 2.60 bits per heavy atom. The lowest BCUT2D eigenvalue weighted by atomic mass is 10.1. The van der Waals surface area contributed by atoms with Crippen LogP contribution < -0.4 is 15.0 Å². The van der Waals surface area contributed by atoms with Gasteiger partial charge < -0.3 is 15.0 Å². The third-order valence-corrected chi connectivity index (χ3v) is 3.19. The minimum absolute atomic E-state index is 0.638. The number of hydrogen-bond acceptors (Lipinski definition) is 4. The van der Waals surface area contributed by atoms with Crippen LogP contribution in [0.15, 0.2) is 36.5 Å². The molecule has 0 aliphatic rings. The van der Waals surface area contributed by atoms with Gasteiger partial charge in [-0.2, -0.15) is 0 Å². The Morgan fingerprint density at radius 1 is 1.20 bits per heavy atom. The topological polar surface area (TPSA) is 37.4 Å². The normalized spacial score (nSPS) is 10.2. The molecular weight excluding hydrogens is 250 g/mol. The predicted molar refractivity (Wildman–Crippen MR) is 83.6 cm³/mol. The van der Waals surface area contributed by atoms with E-state index in [1.165, 1.54) is 11.3 Å². The number of pyridine rings is 1. The highest BCUT2D eigenvalue weighted by atomic mass is 16.5. The molecule has 0 fully saturated rings. The molecule has 0 unspecified atom stereocenters. The molecule has 0 spiro atoms. The van der Waals surface area contributed by atoms with E-state index >= 15 is 0 Å². The minimum Gasteiger partial charge on any atom is -0.481 e. The lowest BCUT2D eigenvalue weighted by molar-refractivity contribution is 0.397. The molecule has 106 valence electrons. The summed E-state index contributed by atoms with van der Waals surface area (Å²) in [6.07, 6.45) is 1.83. The van der Waals surface area contributed by atoms with E-state index in [-0.39, 0.29) is 0 Å². The van der Waals surface area contributed by atoms with Gasteiger partial charge in [0.05, 0.1) is 7.11 Å². The van der Waals surface area contributed by atoms with Crippen LogP contribution in [0.25, 0.3) is 0 Å². The van der Waals surface area contributed by atoms with Crippen LogP contribution in [0.1, 0.15) is 11.1 Å². The molecule has 2 rings (SSSR count). The van der Waals surface area contributed by atoms with Crippen LogP contribution >= 0.6 is 0 Å². The molecule has 4 nitrogen and oxygen atoms in total. The summed E-state index contributed by atoms with van der Waals surface area (Å²) < 4.78 is 5.05. The van der Waals surface area contributed by atoms with Crippen molar-refractivity contribution in [1.29, 1.82) is 0 Å². The molecule has 0 bridgehead atoms. The van der Waals surface area contributed by atoms with Crippen molar-refractivity contribution >= 4 is 11.4 Å². The van der Waals surface area contributed by atoms with Crippen molar-refractivity contribution in [2.24, 2.45) is 0 Å². The Bertz CT molecular complexity index is 564. The second-order valence-electron chi connectivity index (χ2n) is 4.96. The number of aryl methyl sites for hydroxylation is 1. The number of nitrogens with one attached hydrogen (secondary N) is 1. The fourth-order valence-electron chi connectivity index (χ4n) is 2.04. The molecule has 4 heteroatoms. The highest BCUT2D eigenvalue weighted by molar-refractivity contribution is 5.61. The molecule has 1 aromatic heterocycles. The Balaban J connectivity index is 2.04. The lowest BCUT2D eigenvalue weighted by Gasteiger charge is -2.17. The molecule has 0 saturated carbocycles. The van der Waals surface area contributed by atoms with Crippen LogP contribution in [0.4, 0.5) is 11.4 Å². The highest BCUT2D eigenvalue weighted by Crippen LogP contribution is 2.22. The zero-order valence-corrected chi connectivity index (χ0v) is 12.5. The molecule has 0 radical (unpaired) electrons. The first kappa shape index (κ1) is 14.2. The third kappa shape index (κ3) is 3.41. The fraction of sp³-hybridized carbons (Fsp3) is 0.312. The van der Waals surface area contributed by atoms with E-state index in [1.807, 2.05) is 18.3 Å². The molecule has 0 atom stereocenters. The van der Waals surface area contributed by atoms with E-state index in [9.17, 15) is 0 Å². The predicted octanol–water partition coefficient (Wildman–Crippen LogP) is 3.08. The number of nitrogens with zero attached hydrogens (tertiary/aromatic N) is 2. The van der Waals surface area contributed by atoms with Crippen LogP contribution in [0, 0.1) is 6.92 Å². The van der Waals surface area contributed by atoms with Crippen LogP contribution in [-0.4, -0.2) is 26.2 Å². The van der Waals surface area contributed by atoms with Gasteiger partial charge in [0.15, 0.2) is 0 Å². The second-order valence-corrected chi connectivity index (χ2v) is 4.96. The van der Waals surface area contributed by atoms with Crippen molar-refractivity contribution in [1.82, 2.24) is 4.98 Å². The van der Waals surface area contributed by atoms with Gasteiger partial charge in [-0.05, 0) is 30.2 Å². The quantitative estimate of drug-likeness (QED) is 0.907. The number of anilines is 2. The molecule has 0 aliphatic heterocycles. The highest BCUT2D eigenvalue weighted by Gasteiger charge is 2.02. The SMILES string of the molecule is COc1ccc(CNc2ccc(C)c(N(C)C)c2)cn1. The molecular formula is C16H21N3O. The monoisotopic (exact) mass is 271 g/mol. The second kappa shape index (κ2) is 6.28. The van der Waals surface area contributed by atoms with E-state index in [1.54, 1.807) is 7.11 Å². The number of methoxy groups -OCH3 is 1. The number of rotatable bonds is 5. The number of ether oxygens (including phenoxy) is 1. The minimum atomic E-state index is 0.638. The van der Waals surface area contributed by atoms with Crippen molar-refractivity contribution in [3.63, 3.8) is 0 Å². The molecule has 0 amide bonds. The fourth-order valence-corrected chi connectivity index (χ4v) is 2.04. The number of benzene rings is 1. The average molecular weight is 271 g/mol. The maximum absolute atomic E-state index is 5.05. The van der Waals surface area contributed by atoms with Gasteiger partial charge in [0, 0.05) is 44.3 Å². The number of hydrogen-bond donors (Lipinski definition) is 1. The van der Waals surface area contributed by atoms with Crippen LogP contribution in [0.3, 0.4) is 0 Å². The van der Waals surface area contributed by atoms with E-state index in [0.29, 0.717) is 5.88 Å². The van der Waals surface area contributed by atoms with E-state index in [0.717, 1.165) is 17.8 Å². The zero-order chi connectivity index (χ0) is 14.5. The Labute approximate surface area is 120 Å². The van der Waals surface area contributed by atoms with E-state index in [4.69, 9.17) is 4.74 Å². The standard InChI is InChI=1S/C16H21N3O/c1-12-5-7-14(9-15(12)19(2)3)17-10-13-6-8-16(20-4)18-11-13/h5-9,11,17H,10H2,1-4H3. The summed E-state index contributed by atoms with van der Waals surface area (Å²) in [4.78, 5) is 6.32. The van der Waals surface area contributed by atoms with Gasteiger partial charge in [0.1, 0.15) is 0 Å². The first-order chi connectivity index (χ1) is 9.60. The van der Waals surface area contributed by atoms with Gasteiger partial charge in [0.2, 0.25) is 5.88 Å². The Morgan fingerprint density at radius 2 is 2.00 bits per heavy atom. The van der Waals surface area contributed by atoms with Gasteiger partial charge in [0.25, 0.3) is 0 Å². The average Bonchev–Trinajstić information content (AvgIpc) is 2.46. The Hall–Kier alpha value is -2.23. The lowest BCUT2D eigenvalue weighted by Crippen LogP contribution is -2.11. The van der Waals surface area contributed by atoms with Crippen molar-refractivity contribution in [2.75, 3.05) is 31.4 Å². The first-order valence-electron chi connectivity index (χ1n) is 6.61. The van der Waals surface area contributed by atoms with Crippen molar-refractivity contribution in [2.45, 2.75) is 13.5 Å². The van der Waals surface area contributed by atoms with Crippen molar-refractivity contribution in [3.8, 4) is 5.88 Å². The van der Waals surface area contributed by atoms with Gasteiger partial charge in [-0.25, -0.2) is 4.98 Å². The van der Waals surface area contributed by atoms with Crippen LogP contribution in [0.5, 0.6) is 5.88 Å². The van der Waals surface area contributed by atoms with Crippen molar-refractivity contribution in [3.05, 3.63) is 47.7 Å². The van der Waals surface area contributed by atoms with Crippen LogP contribution in [-0.2, 0) is 6.54 Å². The Kier molecular flexibility index (Phi) is 4.45. The first-order valence-corrected chi connectivity index (χ1v) is 6.61. The summed E-state index contributed by atoms with van der Waals surface area (Å²) in [7, 11) is 5.73. The maximum atomic E-state index is 5.05. The smallest absolute Gasteiger partial charge is 0.212 e. The molecule has 1 aromatic carbocycles. The van der Waals surface area contributed by atoms with E-state index in [2.05, 4.69) is 54.4 Å². The van der Waals surface area contributed by atoms with Gasteiger partial charge in [-0.1, -0.05) is 12.1 Å². The summed E-state index contributed by atoms with van der Waals surface area (Å²) in [5, 5.41) is 3.41. The van der Waals surface area contributed by atoms with Gasteiger partial charge >= 0.3 is 0 Å². The molecule has 1 heterocycles. The third-order valence-electron chi connectivity index (χ3n) is 3.19. The summed E-state index contributed by atoms with van der Waals surface area (Å²) in [6.45, 7) is 2.86. The van der Waals surface area contributed by atoms with Gasteiger partial charge in [-0.3, -0.25) is 0 Å². The van der Waals surface area contributed by atoms with Crippen molar-refractivity contribution < 1.29 is 4.74 Å². The molecule has 2 aromatic rings. The zero-order valence-electron chi connectivity index (χ0n) is 12.5. The van der Waals surface area contributed by atoms with Gasteiger partial charge in [-0.15, -0.1) is 0 Å². The summed E-state index contributed by atoms with van der Waals surface area (Å²) in [6, 6.07) is 10.3. The molecule has 0 aliphatic carbocycles. The largest absolute Gasteiger partial charge is 0.481 e. The summed E-state index contributed by atoms with van der Waals surface area (Å²) in [5.41, 5.74) is 4.72. The van der Waals surface area contributed by atoms with E-state index < -0.39 is 0 Å².